The second kappa shape index (κ2) is 6.59. The van der Waals surface area contributed by atoms with Crippen LogP contribution in [-0.2, 0) is 9.59 Å². The van der Waals surface area contributed by atoms with Crippen molar-refractivity contribution in [3.05, 3.63) is 0 Å². The Balaban J connectivity index is 0. The summed E-state index contributed by atoms with van der Waals surface area (Å²) >= 11 is 3.73. The van der Waals surface area contributed by atoms with E-state index in [1.807, 2.05) is 0 Å². The van der Waals surface area contributed by atoms with Crippen LogP contribution in [0.25, 0.3) is 0 Å². The monoisotopic (exact) mass is 171 g/mol. The van der Waals surface area contributed by atoms with Crippen LogP contribution in [0.3, 0.4) is 0 Å². The van der Waals surface area contributed by atoms with Gasteiger partial charge in [0.1, 0.15) is 6.04 Å². The summed E-state index contributed by atoms with van der Waals surface area (Å²) in [7, 11) is 0. The van der Waals surface area contributed by atoms with Crippen molar-refractivity contribution in [3.63, 3.8) is 0 Å². The van der Waals surface area contributed by atoms with Crippen LogP contribution in [-0.4, -0.2) is 47.6 Å². The molecule has 6 heteroatoms. The summed E-state index contributed by atoms with van der Waals surface area (Å²) in [5, 5.41) is 10.6. The molecule has 0 aromatic rings. The Bertz CT molecular complexity index is 153. The number of thiol groups is 1. The molecule has 0 aliphatic carbocycles. The number of carbonyl (C=O) groups excluding carboxylic acids is 1. The fourth-order valence-corrected chi connectivity index (χ4v) is 0.678. The van der Waals surface area contributed by atoms with Crippen molar-refractivity contribution < 1.29 is 14.7 Å². The molecule has 0 spiro atoms. The Labute approximate surface area is 82.3 Å². The number of carboxylic acid groups (broad SMARTS) is 1. The van der Waals surface area contributed by atoms with Crippen LogP contribution >= 0.6 is 12.6 Å². The quantitative estimate of drug-likeness (QED) is 0.371. The van der Waals surface area contributed by atoms with Crippen molar-refractivity contribution in [3.8, 4) is 0 Å². The van der Waals surface area contributed by atoms with Gasteiger partial charge in [0.05, 0.1) is 0 Å². The van der Waals surface area contributed by atoms with Crippen LogP contribution in [0.5, 0.6) is 0 Å². The Morgan fingerprint density at radius 1 is 1.64 bits per heavy atom. The van der Waals surface area contributed by atoms with Crippen molar-refractivity contribution >= 4 is 43.4 Å². The first-order valence-electron chi connectivity index (χ1n) is 2.68. The summed E-state index contributed by atoms with van der Waals surface area (Å²) < 4.78 is 0. The van der Waals surface area contributed by atoms with Gasteiger partial charge in [-0.3, -0.25) is 4.79 Å². The Morgan fingerprint density at radius 3 is 2.18 bits per heavy atom. The fourth-order valence-electron chi connectivity index (χ4n) is 0.431. The molecule has 0 heterocycles. The first kappa shape index (κ1) is 13.5. The molecular weight excluding hydrogens is 161 g/mol. The molecule has 0 saturated carbocycles. The average Bonchev–Trinajstić information content (AvgIpc) is 1.81. The standard InChI is InChI=1S/C5H9NO3S.Li.H/c1-3(7)6-4(2-10)5(8)9;;/h4,10H,2H2,1H3,(H,6,7)(H,8,9);;/t4-;;/m0../s1. The van der Waals surface area contributed by atoms with Gasteiger partial charge < -0.3 is 10.4 Å². The molecule has 60 valence electrons. The summed E-state index contributed by atoms with van der Waals surface area (Å²) in [6.07, 6.45) is 0. The SMILES string of the molecule is CC(=O)N[C@@H](CS)C(=O)O.[LiH]. The van der Waals surface area contributed by atoms with Crippen molar-refractivity contribution in [1.82, 2.24) is 5.32 Å². The van der Waals surface area contributed by atoms with E-state index in [4.69, 9.17) is 5.11 Å². The van der Waals surface area contributed by atoms with E-state index in [2.05, 4.69) is 17.9 Å². The molecule has 0 aliphatic heterocycles. The van der Waals surface area contributed by atoms with Crippen LogP contribution in [0.15, 0.2) is 0 Å². The molecule has 0 aromatic carbocycles. The van der Waals surface area contributed by atoms with Gasteiger partial charge in [0, 0.05) is 12.7 Å². The zero-order chi connectivity index (χ0) is 8.15. The van der Waals surface area contributed by atoms with E-state index >= 15 is 0 Å². The predicted octanol–water partition coefficient (Wildman–Crippen LogP) is -1.14. The number of hydrogen-bond acceptors (Lipinski definition) is 3. The number of aliphatic carboxylic acids is 1. The summed E-state index contributed by atoms with van der Waals surface area (Å²) in [4.78, 5) is 20.5. The van der Waals surface area contributed by atoms with E-state index in [1.165, 1.54) is 6.92 Å². The van der Waals surface area contributed by atoms with Gasteiger partial charge in [0.25, 0.3) is 0 Å². The first-order valence-corrected chi connectivity index (χ1v) is 3.32. The number of carbonyl (C=O) groups is 2. The molecular formula is C5H10LiNO3S. The summed E-state index contributed by atoms with van der Waals surface area (Å²) in [6, 6.07) is -0.874. The summed E-state index contributed by atoms with van der Waals surface area (Å²) in [5.74, 6) is -1.32. The molecule has 0 saturated heterocycles. The van der Waals surface area contributed by atoms with E-state index in [0.717, 1.165) is 0 Å². The van der Waals surface area contributed by atoms with Gasteiger partial charge in [0.2, 0.25) is 5.91 Å². The minimum atomic E-state index is -1.06. The third-order valence-electron chi connectivity index (χ3n) is 0.858. The topological polar surface area (TPSA) is 66.4 Å². The van der Waals surface area contributed by atoms with Gasteiger partial charge in [-0.2, -0.15) is 12.6 Å². The van der Waals surface area contributed by atoms with E-state index < -0.39 is 12.0 Å². The van der Waals surface area contributed by atoms with E-state index in [9.17, 15) is 9.59 Å². The van der Waals surface area contributed by atoms with Crippen LogP contribution < -0.4 is 5.32 Å². The van der Waals surface area contributed by atoms with E-state index in [0.29, 0.717) is 0 Å². The molecule has 1 atom stereocenters. The number of nitrogens with one attached hydrogen (secondary N) is 1. The second-order valence-electron chi connectivity index (χ2n) is 1.77. The van der Waals surface area contributed by atoms with Gasteiger partial charge in [-0.25, -0.2) is 4.79 Å². The zero-order valence-electron chi connectivity index (χ0n) is 5.50. The number of amides is 1. The Kier molecular flexibility index (Phi) is 8.07. The molecule has 1 amide bonds. The molecule has 0 fully saturated rings. The van der Waals surface area contributed by atoms with E-state index in [-0.39, 0.29) is 30.5 Å². The molecule has 4 nitrogen and oxygen atoms in total. The van der Waals surface area contributed by atoms with E-state index in [1.54, 1.807) is 0 Å². The van der Waals surface area contributed by atoms with Gasteiger partial charge >= 0.3 is 24.8 Å². The average molecular weight is 171 g/mol. The van der Waals surface area contributed by atoms with Gasteiger partial charge in [-0.1, -0.05) is 0 Å². The maximum atomic E-state index is 10.3. The van der Waals surface area contributed by atoms with Crippen LogP contribution in [0.2, 0.25) is 0 Å². The first-order chi connectivity index (χ1) is 4.57. The molecule has 2 N–H and O–H groups in total. The second-order valence-corrected chi connectivity index (χ2v) is 2.14. The maximum absolute atomic E-state index is 10.3. The predicted molar refractivity (Wildman–Crippen MR) is 46.2 cm³/mol. The number of carboxylic acids is 1. The molecule has 0 radical (unpaired) electrons. The Hall–Kier alpha value is -0.113. The van der Waals surface area contributed by atoms with Gasteiger partial charge in [0.15, 0.2) is 0 Å². The van der Waals surface area contributed by atoms with Crippen molar-refractivity contribution in [2.24, 2.45) is 0 Å². The summed E-state index contributed by atoms with van der Waals surface area (Å²) in [6.45, 7) is 1.26. The Morgan fingerprint density at radius 2 is 2.09 bits per heavy atom. The number of hydrogen-bond donors (Lipinski definition) is 3. The molecule has 0 unspecified atom stereocenters. The van der Waals surface area contributed by atoms with Crippen LogP contribution in [0.1, 0.15) is 6.92 Å². The normalized spacial score (nSPS) is 11.1. The van der Waals surface area contributed by atoms with Crippen molar-refractivity contribution in [2.45, 2.75) is 13.0 Å². The van der Waals surface area contributed by atoms with Crippen molar-refractivity contribution in [2.75, 3.05) is 5.75 Å². The zero-order valence-corrected chi connectivity index (χ0v) is 6.39. The molecule has 0 aliphatic rings. The van der Waals surface area contributed by atoms with Crippen LogP contribution in [0.4, 0.5) is 0 Å². The third kappa shape index (κ3) is 6.29. The van der Waals surface area contributed by atoms with Crippen molar-refractivity contribution in [1.29, 1.82) is 0 Å². The molecule has 0 rings (SSSR count). The molecule has 0 bridgehead atoms. The number of rotatable bonds is 3. The third-order valence-corrected chi connectivity index (χ3v) is 1.22. The van der Waals surface area contributed by atoms with Crippen LogP contribution in [0, 0.1) is 0 Å². The fraction of sp³-hybridized carbons (Fsp3) is 0.600. The van der Waals surface area contributed by atoms with Gasteiger partial charge in [-0.05, 0) is 0 Å². The minimum absolute atomic E-state index is 0. The summed E-state index contributed by atoms with van der Waals surface area (Å²) in [5.41, 5.74) is 0. The molecule has 0 aromatic heterocycles. The van der Waals surface area contributed by atoms with Gasteiger partial charge in [-0.15, -0.1) is 0 Å². The molecule has 11 heavy (non-hydrogen) atoms.